The van der Waals surface area contributed by atoms with Crippen LogP contribution >= 0.6 is 0 Å². The summed E-state index contributed by atoms with van der Waals surface area (Å²) < 4.78 is 0. The van der Waals surface area contributed by atoms with Crippen molar-refractivity contribution in [3.05, 3.63) is 22.5 Å². The second-order valence-electron chi connectivity index (χ2n) is 7.18. The van der Waals surface area contributed by atoms with Gasteiger partial charge in [0.15, 0.2) is 0 Å². The highest BCUT2D eigenvalue weighted by molar-refractivity contribution is 6.84. The molecular formula is C14H26OSi2. The summed E-state index contributed by atoms with van der Waals surface area (Å²) in [6, 6.07) is 0. The van der Waals surface area contributed by atoms with E-state index in [1.807, 2.05) is 0 Å². The molecule has 0 aliphatic heterocycles. The highest BCUT2D eigenvalue weighted by atomic mass is 28.3. The Bertz CT molecular complexity index is 378. The largest absolute Gasteiger partial charge is 0.299 e. The van der Waals surface area contributed by atoms with Crippen molar-refractivity contribution in [2.75, 3.05) is 0 Å². The third-order valence-corrected chi connectivity index (χ3v) is 8.13. The molecule has 0 spiro atoms. The topological polar surface area (TPSA) is 17.1 Å². The van der Waals surface area contributed by atoms with Crippen LogP contribution in [0.3, 0.4) is 0 Å². The van der Waals surface area contributed by atoms with Crippen molar-refractivity contribution >= 4 is 21.9 Å². The van der Waals surface area contributed by atoms with Crippen molar-refractivity contribution in [1.29, 1.82) is 0 Å². The van der Waals surface area contributed by atoms with E-state index in [4.69, 9.17) is 0 Å². The molecule has 0 bridgehead atoms. The predicted molar refractivity (Wildman–Crippen MR) is 81.6 cm³/mol. The minimum absolute atomic E-state index is 0.174. The van der Waals surface area contributed by atoms with Gasteiger partial charge in [-0.15, -0.1) is 0 Å². The van der Waals surface area contributed by atoms with Crippen LogP contribution in [0.5, 0.6) is 0 Å². The number of Topliss-reactive ketones (excluding diaryl/α,β-unsaturated/α-hetero) is 1. The van der Waals surface area contributed by atoms with E-state index in [0.717, 1.165) is 6.42 Å². The maximum absolute atomic E-state index is 11.9. The van der Waals surface area contributed by atoms with Gasteiger partial charge in [-0.25, -0.2) is 0 Å². The standard InChI is InChI=1S/C14H26OSi2/c1-11(15)13-10-12(16(2,3)4)8-9-14(13)17(5,6)7/h8-9,13H,10H2,1-7H3. The Morgan fingerprint density at radius 3 is 1.94 bits per heavy atom. The molecule has 0 saturated carbocycles. The third-order valence-electron chi connectivity index (χ3n) is 3.58. The van der Waals surface area contributed by atoms with Crippen molar-refractivity contribution in [2.45, 2.75) is 52.6 Å². The van der Waals surface area contributed by atoms with E-state index in [0.29, 0.717) is 5.78 Å². The monoisotopic (exact) mass is 266 g/mol. The van der Waals surface area contributed by atoms with Crippen LogP contribution in [0.1, 0.15) is 13.3 Å². The van der Waals surface area contributed by atoms with Crippen molar-refractivity contribution < 1.29 is 4.79 Å². The van der Waals surface area contributed by atoms with Crippen LogP contribution in [-0.4, -0.2) is 21.9 Å². The fourth-order valence-corrected chi connectivity index (χ4v) is 5.73. The Hall–Kier alpha value is -0.416. The Morgan fingerprint density at radius 2 is 1.59 bits per heavy atom. The van der Waals surface area contributed by atoms with Crippen LogP contribution in [0.4, 0.5) is 0 Å². The van der Waals surface area contributed by atoms with Crippen molar-refractivity contribution in [1.82, 2.24) is 0 Å². The first-order valence-corrected chi connectivity index (χ1v) is 13.5. The van der Waals surface area contributed by atoms with Crippen molar-refractivity contribution in [3.8, 4) is 0 Å². The molecule has 0 saturated heterocycles. The molecule has 0 aromatic rings. The molecule has 0 amide bonds. The van der Waals surface area contributed by atoms with Crippen molar-refractivity contribution in [3.63, 3.8) is 0 Å². The van der Waals surface area contributed by atoms with Gasteiger partial charge in [0, 0.05) is 5.92 Å². The highest BCUT2D eigenvalue weighted by Gasteiger charge is 2.34. The van der Waals surface area contributed by atoms with Gasteiger partial charge in [0.2, 0.25) is 0 Å². The van der Waals surface area contributed by atoms with Gasteiger partial charge in [-0.1, -0.05) is 61.8 Å². The number of rotatable bonds is 3. The molecule has 1 unspecified atom stereocenters. The van der Waals surface area contributed by atoms with Crippen LogP contribution in [0.25, 0.3) is 0 Å². The maximum atomic E-state index is 11.9. The summed E-state index contributed by atoms with van der Waals surface area (Å²) in [5.74, 6) is 0.524. The summed E-state index contributed by atoms with van der Waals surface area (Å²) in [6.45, 7) is 15.9. The first-order chi connectivity index (χ1) is 7.53. The molecule has 3 heteroatoms. The maximum Gasteiger partial charge on any atom is 0.136 e. The zero-order valence-electron chi connectivity index (χ0n) is 12.3. The van der Waals surface area contributed by atoms with E-state index >= 15 is 0 Å². The number of ketones is 1. The Morgan fingerprint density at radius 1 is 1.06 bits per heavy atom. The zero-order valence-corrected chi connectivity index (χ0v) is 14.3. The molecule has 1 rings (SSSR count). The average molecular weight is 267 g/mol. The van der Waals surface area contributed by atoms with Gasteiger partial charge >= 0.3 is 0 Å². The van der Waals surface area contributed by atoms with E-state index in [1.165, 1.54) is 5.20 Å². The SMILES string of the molecule is CC(=O)C1CC([Si](C)(C)C)=CC=C1[Si](C)(C)C. The van der Waals surface area contributed by atoms with E-state index < -0.39 is 16.1 Å². The average Bonchev–Trinajstić information content (AvgIpc) is 2.14. The van der Waals surface area contributed by atoms with Gasteiger partial charge in [-0.05, 0) is 13.3 Å². The fraction of sp³-hybridized carbons (Fsp3) is 0.643. The van der Waals surface area contributed by atoms with Crippen LogP contribution in [0.2, 0.25) is 39.3 Å². The van der Waals surface area contributed by atoms with Gasteiger partial charge in [0.1, 0.15) is 5.78 Å². The number of carbonyl (C=O) groups excluding carboxylic acids is 1. The second-order valence-corrected chi connectivity index (χ2v) is 17.4. The molecule has 1 aliphatic rings. The van der Waals surface area contributed by atoms with Gasteiger partial charge in [-0.2, -0.15) is 0 Å². The van der Waals surface area contributed by atoms with Gasteiger partial charge in [0.05, 0.1) is 16.1 Å². The minimum atomic E-state index is -1.36. The number of allylic oxidation sites excluding steroid dienone is 4. The van der Waals surface area contributed by atoms with Crippen LogP contribution in [-0.2, 0) is 4.79 Å². The summed E-state index contributed by atoms with van der Waals surface area (Å²) >= 11 is 0. The number of carbonyl (C=O) groups is 1. The van der Waals surface area contributed by atoms with Gasteiger partial charge in [-0.3, -0.25) is 4.79 Å². The molecule has 0 N–H and O–H groups in total. The summed E-state index contributed by atoms with van der Waals surface area (Å²) in [4.78, 5) is 11.9. The van der Waals surface area contributed by atoms with E-state index in [9.17, 15) is 4.79 Å². The molecule has 0 aromatic heterocycles. The Labute approximate surface area is 108 Å². The molecule has 1 aliphatic carbocycles. The van der Waals surface area contributed by atoms with Crippen LogP contribution < -0.4 is 0 Å². The lowest BCUT2D eigenvalue weighted by Crippen LogP contribution is -2.37. The molecule has 0 aromatic carbocycles. The van der Waals surface area contributed by atoms with Gasteiger partial charge < -0.3 is 0 Å². The fourth-order valence-electron chi connectivity index (χ4n) is 2.40. The van der Waals surface area contributed by atoms with Crippen LogP contribution in [0.15, 0.2) is 22.5 Å². The molecule has 1 atom stereocenters. The summed E-state index contributed by atoms with van der Waals surface area (Å²) in [5, 5.41) is 2.98. The molecule has 0 radical (unpaired) electrons. The minimum Gasteiger partial charge on any atom is -0.299 e. The van der Waals surface area contributed by atoms with Crippen molar-refractivity contribution in [2.24, 2.45) is 5.92 Å². The summed E-state index contributed by atoms with van der Waals surface area (Å²) in [5.41, 5.74) is 0. The smallest absolute Gasteiger partial charge is 0.136 e. The first-order valence-electron chi connectivity index (χ1n) is 6.45. The lowest BCUT2D eigenvalue weighted by Gasteiger charge is -2.34. The number of hydrogen-bond acceptors (Lipinski definition) is 1. The lowest BCUT2D eigenvalue weighted by atomic mass is 9.96. The normalized spacial score (nSPS) is 21.9. The number of hydrogen-bond donors (Lipinski definition) is 0. The Kier molecular flexibility index (Phi) is 4.04. The zero-order chi connectivity index (χ0) is 13.4. The van der Waals surface area contributed by atoms with E-state index in [-0.39, 0.29) is 5.92 Å². The molecule has 1 nitrogen and oxygen atoms in total. The lowest BCUT2D eigenvalue weighted by molar-refractivity contribution is -0.119. The predicted octanol–water partition coefficient (Wildman–Crippen LogP) is 4.20. The quantitative estimate of drug-likeness (QED) is 0.700. The van der Waals surface area contributed by atoms with Crippen LogP contribution in [0, 0.1) is 5.92 Å². The highest BCUT2D eigenvalue weighted by Crippen LogP contribution is 2.35. The summed E-state index contributed by atoms with van der Waals surface area (Å²) in [7, 11) is -2.61. The molecule has 17 heavy (non-hydrogen) atoms. The molecule has 0 heterocycles. The van der Waals surface area contributed by atoms with E-state index in [1.54, 1.807) is 12.1 Å². The molecule has 96 valence electrons. The first kappa shape index (κ1) is 14.6. The summed E-state index contributed by atoms with van der Waals surface area (Å²) in [6.07, 6.45) is 5.58. The molecule has 0 fully saturated rings. The van der Waals surface area contributed by atoms with E-state index in [2.05, 4.69) is 51.4 Å². The second kappa shape index (κ2) is 4.69. The molecular weight excluding hydrogens is 240 g/mol. The third kappa shape index (κ3) is 3.52. The van der Waals surface area contributed by atoms with Gasteiger partial charge in [0.25, 0.3) is 0 Å². The Balaban J connectivity index is 3.16.